The second-order valence-electron chi connectivity index (χ2n) is 5.35. The summed E-state index contributed by atoms with van der Waals surface area (Å²) in [6.07, 6.45) is 4.00. The summed E-state index contributed by atoms with van der Waals surface area (Å²) in [7, 11) is 0. The SMILES string of the molecule is Cc1ccc(CNCC2(C)CCC2)cc1F. The highest BCUT2D eigenvalue weighted by Crippen LogP contribution is 2.39. The Morgan fingerprint density at radius 3 is 2.69 bits per heavy atom. The van der Waals surface area contributed by atoms with Crippen molar-refractivity contribution in [1.29, 1.82) is 0 Å². The maximum atomic E-state index is 13.3. The fourth-order valence-corrected chi connectivity index (χ4v) is 2.21. The summed E-state index contributed by atoms with van der Waals surface area (Å²) < 4.78 is 13.3. The van der Waals surface area contributed by atoms with Gasteiger partial charge in [-0.1, -0.05) is 25.5 Å². The van der Waals surface area contributed by atoms with Crippen LogP contribution in [0, 0.1) is 18.2 Å². The molecule has 0 spiro atoms. The van der Waals surface area contributed by atoms with E-state index < -0.39 is 0 Å². The molecule has 0 unspecified atom stereocenters. The molecule has 1 saturated carbocycles. The molecule has 2 rings (SSSR count). The number of hydrogen-bond donors (Lipinski definition) is 1. The summed E-state index contributed by atoms with van der Waals surface area (Å²) in [6, 6.07) is 5.47. The van der Waals surface area contributed by atoms with Gasteiger partial charge in [-0.25, -0.2) is 4.39 Å². The lowest BCUT2D eigenvalue weighted by atomic mass is 9.70. The Morgan fingerprint density at radius 2 is 2.12 bits per heavy atom. The van der Waals surface area contributed by atoms with Crippen molar-refractivity contribution >= 4 is 0 Å². The van der Waals surface area contributed by atoms with Crippen LogP contribution in [0.2, 0.25) is 0 Å². The molecule has 0 radical (unpaired) electrons. The summed E-state index contributed by atoms with van der Waals surface area (Å²) in [5, 5.41) is 3.42. The van der Waals surface area contributed by atoms with E-state index in [-0.39, 0.29) is 5.82 Å². The van der Waals surface area contributed by atoms with E-state index in [1.807, 2.05) is 12.1 Å². The van der Waals surface area contributed by atoms with Crippen molar-refractivity contribution in [2.24, 2.45) is 5.41 Å². The van der Waals surface area contributed by atoms with Gasteiger partial charge in [-0.15, -0.1) is 0 Å². The van der Waals surface area contributed by atoms with Crippen molar-refractivity contribution in [2.75, 3.05) is 6.54 Å². The van der Waals surface area contributed by atoms with Crippen LogP contribution in [-0.4, -0.2) is 6.54 Å². The maximum Gasteiger partial charge on any atom is 0.126 e. The zero-order valence-electron chi connectivity index (χ0n) is 10.1. The molecule has 0 saturated heterocycles. The van der Waals surface area contributed by atoms with Crippen LogP contribution in [0.15, 0.2) is 18.2 Å². The van der Waals surface area contributed by atoms with Crippen molar-refractivity contribution in [2.45, 2.75) is 39.7 Å². The third kappa shape index (κ3) is 2.62. The van der Waals surface area contributed by atoms with Crippen molar-refractivity contribution < 1.29 is 4.39 Å². The Morgan fingerprint density at radius 1 is 1.38 bits per heavy atom. The summed E-state index contributed by atoms with van der Waals surface area (Å²) in [4.78, 5) is 0. The Kier molecular flexibility index (Phi) is 3.29. The quantitative estimate of drug-likeness (QED) is 0.821. The summed E-state index contributed by atoms with van der Waals surface area (Å²) >= 11 is 0. The van der Waals surface area contributed by atoms with Crippen LogP contribution in [0.4, 0.5) is 4.39 Å². The van der Waals surface area contributed by atoms with Gasteiger partial charge in [0, 0.05) is 13.1 Å². The van der Waals surface area contributed by atoms with Crippen molar-refractivity contribution in [3.05, 3.63) is 35.1 Å². The lowest BCUT2D eigenvalue weighted by molar-refractivity contribution is 0.156. The number of benzene rings is 1. The van der Waals surface area contributed by atoms with Gasteiger partial charge in [0.15, 0.2) is 0 Å². The van der Waals surface area contributed by atoms with Gasteiger partial charge in [-0.2, -0.15) is 0 Å². The second-order valence-corrected chi connectivity index (χ2v) is 5.35. The van der Waals surface area contributed by atoms with Gasteiger partial charge in [0.2, 0.25) is 0 Å². The van der Waals surface area contributed by atoms with Crippen LogP contribution in [0.5, 0.6) is 0 Å². The molecule has 1 fully saturated rings. The molecule has 1 aliphatic carbocycles. The first kappa shape index (κ1) is 11.6. The standard InChI is InChI=1S/C14H20FN/c1-11-4-5-12(8-13(11)15)9-16-10-14(2)6-3-7-14/h4-5,8,16H,3,6-7,9-10H2,1-2H3. The van der Waals surface area contributed by atoms with Gasteiger partial charge in [0.25, 0.3) is 0 Å². The van der Waals surface area contributed by atoms with Crippen LogP contribution in [0.3, 0.4) is 0 Å². The highest BCUT2D eigenvalue weighted by atomic mass is 19.1. The Bertz CT molecular complexity index is 369. The molecule has 0 amide bonds. The van der Waals surface area contributed by atoms with Gasteiger partial charge >= 0.3 is 0 Å². The van der Waals surface area contributed by atoms with Gasteiger partial charge in [-0.3, -0.25) is 0 Å². The topological polar surface area (TPSA) is 12.0 Å². The minimum atomic E-state index is -0.103. The second kappa shape index (κ2) is 4.54. The Balaban J connectivity index is 1.83. The molecule has 0 aromatic heterocycles. The van der Waals surface area contributed by atoms with E-state index in [0.717, 1.165) is 24.2 Å². The van der Waals surface area contributed by atoms with E-state index in [2.05, 4.69) is 12.2 Å². The summed E-state index contributed by atoms with van der Waals surface area (Å²) in [5.74, 6) is -0.103. The molecule has 1 aromatic carbocycles. The van der Waals surface area contributed by atoms with Crippen molar-refractivity contribution in [3.63, 3.8) is 0 Å². The predicted molar refractivity (Wildman–Crippen MR) is 64.8 cm³/mol. The average molecular weight is 221 g/mol. The van der Waals surface area contributed by atoms with Gasteiger partial charge in [0.05, 0.1) is 0 Å². The molecule has 16 heavy (non-hydrogen) atoms. The molecule has 0 bridgehead atoms. The first-order chi connectivity index (χ1) is 7.59. The Hall–Kier alpha value is -0.890. The average Bonchev–Trinajstić information content (AvgIpc) is 2.21. The number of rotatable bonds is 4. The molecule has 0 aliphatic heterocycles. The van der Waals surface area contributed by atoms with Crippen LogP contribution in [0.1, 0.15) is 37.3 Å². The fraction of sp³-hybridized carbons (Fsp3) is 0.571. The number of aryl methyl sites for hydroxylation is 1. The number of hydrogen-bond acceptors (Lipinski definition) is 1. The normalized spacial score (nSPS) is 18.2. The fourth-order valence-electron chi connectivity index (χ4n) is 2.21. The minimum absolute atomic E-state index is 0.103. The zero-order valence-corrected chi connectivity index (χ0v) is 10.1. The molecule has 88 valence electrons. The third-order valence-electron chi connectivity index (χ3n) is 3.68. The number of nitrogens with one attached hydrogen (secondary N) is 1. The highest BCUT2D eigenvalue weighted by molar-refractivity contribution is 5.23. The van der Waals surface area contributed by atoms with E-state index in [4.69, 9.17) is 0 Å². The maximum absolute atomic E-state index is 13.3. The summed E-state index contributed by atoms with van der Waals surface area (Å²) in [6.45, 7) is 5.93. The molecule has 2 heteroatoms. The van der Waals surface area contributed by atoms with Crippen molar-refractivity contribution in [3.8, 4) is 0 Å². The molecule has 1 aromatic rings. The first-order valence-electron chi connectivity index (χ1n) is 6.05. The lowest BCUT2D eigenvalue weighted by Crippen LogP contribution is -2.36. The predicted octanol–water partition coefficient (Wildman–Crippen LogP) is 3.41. The minimum Gasteiger partial charge on any atom is -0.312 e. The molecule has 0 heterocycles. The monoisotopic (exact) mass is 221 g/mol. The van der Waals surface area contributed by atoms with Crippen molar-refractivity contribution in [1.82, 2.24) is 5.32 Å². The highest BCUT2D eigenvalue weighted by Gasteiger charge is 2.30. The van der Waals surface area contributed by atoms with E-state index in [1.54, 1.807) is 13.0 Å². The summed E-state index contributed by atoms with van der Waals surface area (Å²) in [5.41, 5.74) is 2.24. The third-order valence-corrected chi connectivity index (χ3v) is 3.68. The molecule has 0 atom stereocenters. The van der Waals surface area contributed by atoms with Gasteiger partial charge in [-0.05, 0) is 42.4 Å². The molecule has 1 aliphatic rings. The smallest absolute Gasteiger partial charge is 0.126 e. The van der Waals surface area contributed by atoms with E-state index >= 15 is 0 Å². The van der Waals surface area contributed by atoms with Crippen LogP contribution >= 0.6 is 0 Å². The van der Waals surface area contributed by atoms with Crippen LogP contribution in [0.25, 0.3) is 0 Å². The van der Waals surface area contributed by atoms with E-state index in [1.165, 1.54) is 19.3 Å². The lowest BCUT2D eigenvalue weighted by Gasteiger charge is -2.38. The number of halogens is 1. The van der Waals surface area contributed by atoms with E-state index in [9.17, 15) is 4.39 Å². The Labute approximate surface area is 97.1 Å². The van der Waals surface area contributed by atoms with Gasteiger partial charge in [0.1, 0.15) is 5.82 Å². The molecular formula is C14H20FN. The van der Waals surface area contributed by atoms with Crippen LogP contribution in [-0.2, 0) is 6.54 Å². The largest absolute Gasteiger partial charge is 0.312 e. The van der Waals surface area contributed by atoms with E-state index in [0.29, 0.717) is 5.41 Å². The molecular weight excluding hydrogens is 201 g/mol. The van der Waals surface area contributed by atoms with Crippen LogP contribution < -0.4 is 5.32 Å². The molecule has 1 N–H and O–H groups in total. The zero-order chi connectivity index (χ0) is 11.6. The molecule has 1 nitrogen and oxygen atoms in total. The van der Waals surface area contributed by atoms with Gasteiger partial charge < -0.3 is 5.32 Å². The first-order valence-corrected chi connectivity index (χ1v) is 6.05.